The highest BCUT2D eigenvalue weighted by Crippen LogP contribution is 2.07. The van der Waals surface area contributed by atoms with Crippen molar-refractivity contribution in [3.8, 4) is 0 Å². The van der Waals surface area contributed by atoms with Crippen molar-refractivity contribution in [3.63, 3.8) is 0 Å². The Hall–Kier alpha value is -1.03. The quantitative estimate of drug-likeness (QED) is 0.361. The average Bonchev–Trinajstić information content (AvgIpc) is 2.41. The van der Waals surface area contributed by atoms with Crippen molar-refractivity contribution in [2.24, 2.45) is 0 Å². The number of thioether (sulfide) groups is 1. The Morgan fingerprint density at radius 1 is 1.20 bits per heavy atom. The van der Waals surface area contributed by atoms with Crippen molar-refractivity contribution in [1.82, 2.24) is 5.32 Å². The van der Waals surface area contributed by atoms with Gasteiger partial charge in [-0.1, -0.05) is 38.0 Å². The smallest absolute Gasteiger partial charge is 0.216 e. The average molecular weight is 297 g/mol. The molecule has 1 N–H and O–H groups in total. The van der Waals surface area contributed by atoms with Crippen molar-refractivity contribution in [2.45, 2.75) is 46.5 Å². The molecule has 0 aromatic carbocycles. The molecule has 0 saturated carbocycles. The van der Waals surface area contributed by atoms with Crippen LogP contribution in [0.2, 0.25) is 0 Å². The maximum atomic E-state index is 11.8. The van der Waals surface area contributed by atoms with Crippen LogP contribution in [0.5, 0.6) is 0 Å². The van der Waals surface area contributed by atoms with E-state index in [1.807, 2.05) is 19.1 Å². The highest BCUT2D eigenvalue weighted by Gasteiger charge is 2.03. The molecule has 4 heteroatoms. The molecule has 0 spiro atoms. The van der Waals surface area contributed by atoms with Crippen LogP contribution in [0.1, 0.15) is 46.5 Å². The molecule has 0 aliphatic rings. The largest absolute Gasteiger partial charge is 0.356 e. The lowest BCUT2D eigenvalue weighted by Crippen LogP contribution is -2.22. The van der Waals surface area contributed by atoms with Crippen LogP contribution in [0, 0.1) is 0 Å². The van der Waals surface area contributed by atoms with Crippen LogP contribution in [-0.2, 0) is 9.59 Å². The molecule has 0 bridgehead atoms. The molecule has 0 atom stereocenters. The van der Waals surface area contributed by atoms with E-state index >= 15 is 0 Å². The van der Waals surface area contributed by atoms with Crippen LogP contribution in [0.25, 0.3) is 0 Å². The van der Waals surface area contributed by atoms with E-state index in [4.69, 9.17) is 0 Å². The van der Waals surface area contributed by atoms with E-state index in [0.29, 0.717) is 13.0 Å². The summed E-state index contributed by atoms with van der Waals surface area (Å²) in [5.74, 6) is 1.86. The summed E-state index contributed by atoms with van der Waals surface area (Å²) in [6.45, 7) is 6.22. The summed E-state index contributed by atoms with van der Waals surface area (Å²) in [7, 11) is 0. The van der Waals surface area contributed by atoms with Crippen LogP contribution < -0.4 is 5.32 Å². The predicted molar refractivity (Wildman–Crippen MR) is 88.1 cm³/mol. The number of allylic oxidation sites excluding steroid dienone is 4. The summed E-state index contributed by atoms with van der Waals surface area (Å²) in [5.41, 5.74) is 0.820. The second-order valence-electron chi connectivity index (χ2n) is 4.69. The van der Waals surface area contributed by atoms with E-state index < -0.39 is 0 Å². The standard InChI is InChI=1S/C16H27NO2S/c1-4-5-6-7-8-9-14(2)16(19)10-12-20-13-11-17-15(3)18/h7-9H,4-6,10-13H2,1-3H3,(H,17,18). The Kier molecular flexibility index (Phi) is 12.3. The molecule has 0 aromatic heterocycles. The zero-order valence-electron chi connectivity index (χ0n) is 12.9. The number of hydrogen-bond donors (Lipinski definition) is 1. The van der Waals surface area contributed by atoms with Gasteiger partial charge in [0.15, 0.2) is 5.78 Å². The van der Waals surface area contributed by atoms with Crippen LogP contribution in [0.4, 0.5) is 0 Å². The minimum atomic E-state index is -0.00434. The number of hydrogen-bond acceptors (Lipinski definition) is 3. The number of Topliss-reactive ketones (excluding diaryl/α,β-unsaturated/α-hetero) is 1. The number of carbonyl (C=O) groups is 2. The Labute approximate surface area is 127 Å². The molecule has 0 radical (unpaired) electrons. The lowest BCUT2D eigenvalue weighted by atomic mass is 10.1. The number of amides is 1. The minimum Gasteiger partial charge on any atom is -0.356 e. The molecule has 0 saturated heterocycles. The third-order valence-electron chi connectivity index (χ3n) is 2.74. The molecule has 0 heterocycles. The summed E-state index contributed by atoms with van der Waals surface area (Å²) >= 11 is 1.70. The van der Waals surface area contributed by atoms with E-state index in [1.165, 1.54) is 19.8 Å². The first-order valence-corrected chi connectivity index (χ1v) is 8.42. The normalized spacial score (nSPS) is 11.8. The lowest BCUT2D eigenvalue weighted by molar-refractivity contribution is -0.119. The Morgan fingerprint density at radius 2 is 1.95 bits per heavy atom. The first-order chi connectivity index (χ1) is 9.57. The zero-order chi connectivity index (χ0) is 15.2. The molecule has 0 aromatic rings. The lowest BCUT2D eigenvalue weighted by Gasteiger charge is -2.02. The van der Waals surface area contributed by atoms with Gasteiger partial charge in [0, 0.05) is 31.4 Å². The van der Waals surface area contributed by atoms with Gasteiger partial charge >= 0.3 is 0 Å². The van der Waals surface area contributed by atoms with Gasteiger partial charge in [-0.3, -0.25) is 9.59 Å². The van der Waals surface area contributed by atoms with Gasteiger partial charge < -0.3 is 5.32 Å². The second kappa shape index (κ2) is 13.0. The van der Waals surface area contributed by atoms with Crippen molar-refractivity contribution in [1.29, 1.82) is 0 Å². The highest BCUT2D eigenvalue weighted by atomic mass is 32.2. The van der Waals surface area contributed by atoms with Crippen LogP contribution >= 0.6 is 11.8 Å². The first-order valence-electron chi connectivity index (χ1n) is 7.26. The summed E-state index contributed by atoms with van der Waals surface area (Å²) < 4.78 is 0. The molecule has 0 fully saturated rings. The number of nitrogens with one attached hydrogen (secondary N) is 1. The summed E-state index contributed by atoms with van der Waals surface area (Å²) in [5, 5.41) is 2.74. The topological polar surface area (TPSA) is 46.2 Å². The van der Waals surface area contributed by atoms with Gasteiger partial charge in [-0.25, -0.2) is 0 Å². The fourth-order valence-corrected chi connectivity index (χ4v) is 2.27. The third kappa shape index (κ3) is 12.0. The van der Waals surface area contributed by atoms with E-state index in [1.54, 1.807) is 11.8 Å². The molecule has 114 valence electrons. The second-order valence-corrected chi connectivity index (χ2v) is 5.91. The summed E-state index contributed by atoms with van der Waals surface area (Å²) in [6.07, 6.45) is 10.0. The maximum absolute atomic E-state index is 11.8. The third-order valence-corrected chi connectivity index (χ3v) is 3.73. The fourth-order valence-electron chi connectivity index (χ4n) is 1.49. The Bertz CT molecular complexity index is 348. The van der Waals surface area contributed by atoms with Gasteiger partial charge in [0.2, 0.25) is 5.91 Å². The molecule has 0 aliphatic carbocycles. The maximum Gasteiger partial charge on any atom is 0.216 e. The van der Waals surface area contributed by atoms with Crippen LogP contribution in [-0.4, -0.2) is 29.7 Å². The predicted octanol–water partition coefficient (Wildman–Crippen LogP) is 3.51. The molecule has 1 amide bonds. The van der Waals surface area contributed by atoms with Crippen LogP contribution in [0.15, 0.2) is 23.8 Å². The van der Waals surface area contributed by atoms with Gasteiger partial charge in [-0.2, -0.15) is 11.8 Å². The van der Waals surface area contributed by atoms with E-state index in [9.17, 15) is 9.59 Å². The number of rotatable bonds is 11. The number of ketones is 1. The monoisotopic (exact) mass is 297 g/mol. The van der Waals surface area contributed by atoms with E-state index in [0.717, 1.165) is 23.5 Å². The molecule has 20 heavy (non-hydrogen) atoms. The fraction of sp³-hybridized carbons (Fsp3) is 0.625. The van der Waals surface area contributed by atoms with Crippen molar-refractivity contribution >= 4 is 23.5 Å². The van der Waals surface area contributed by atoms with Gasteiger partial charge in [0.1, 0.15) is 0 Å². The van der Waals surface area contributed by atoms with Crippen molar-refractivity contribution in [3.05, 3.63) is 23.8 Å². The zero-order valence-corrected chi connectivity index (χ0v) is 13.7. The van der Waals surface area contributed by atoms with Crippen molar-refractivity contribution < 1.29 is 9.59 Å². The van der Waals surface area contributed by atoms with Gasteiger partial charge in [0.05, 0.1) is 0 Å². The molecule has 0 aliphatic heterocycles. The molecule has 3 nitrogen and oxygen atoms in total. The Balaban J connectivity index is 3.71. The minimum absolute atomic E-state index is 0.00434. The van der Waals surface area contributed by atoms with E-state index in [-0.39, 0.29) is 11.7 Å². The molecular weight excluding hydrogens is 270 g/mol. The molecular formula is C16H27NO2S. The Morgan fingerprint density at radius 3 is 2.60 bits per heavy atom. The number of carbonyl (C=O) groups excluding carboxylic acids is 2. The molecule has 0 unspecified atom stereocenters. The summed E-state index contributed by atoms with van der Waals surface area (Å²) in [4.78, 5) is 22.5. The highest BCUT2D eigenvalue weighted by molar-refractivity contribution is 7.99. The number of unbranched alkanes of at least 4 members (excludes halogenated alkanes) is 2. The van der Waals surface area contributed by atoms with E-state index in [2.05, 4.69) is 18.3 Å². The summed E-state index contributed by atoms with van der Waals surface area (Å²) in [6, 6.07) is 0. The SMILES string of the molecule is CCCCC=CC=C(C)C(=O)CCSCCNC(C)=O. The van der Waals surface area contributed by atoms with Gasteiger partial charge in [0.25, 0.3) is 0 Å². The van der Waals surface area contributed by atoms with Gasteiger partial charge in [-0.15, -0.1) is 0 Å². The van der Waals surface area contributed by atoms with Gasteiger partial charge in [-0.05, 0) is 18.9 Å². The van der Waals surface area contributed by atoms with Crippen LogP contribution in [0.3, 0.4) is 0 Å². The molecule has 0 rings (SSSR count). The first kappa shape index (κ1) is 19.0. The van der Waals surface area contributed by atoms with Crippen molar-refractivity contribution in [2.75, 3.05) is 18.1 Å².